The van der Waals surface area contributed by atoms with Gasteiger partial charge in [0.05, 0.1) is 9.32 Å². The van der Waals surface area contributed by atoms with Gasteiger partial charge in [-0.25, -0.2) is 9.97 Å². The van der Waals surface area contributed by atoms with Crippen molar-refractivity contribution in [3.8, 4) is 0 Å². The van der Waals surface area contributed by atoms with Crippen LogP contribution in [0.25, 0.3) is 0 Å². The molecule has 18 heavy (non-hydrogen) atoms. The van der Waals surface area contributed by atoms with Crippen molar-refractivity contribution in [2.24, 2.45) is 0 Å². The van der Waals surface area contributed by atoms with Crippen LogP contribution in [0.3, 0.4) is 0 Å². The average Bonchev–Trinajstić information content (AvgIpc) is 2.33. The normalized spacial score (nSPS) is 10.7. The van der Waals surface area contributed by atoms with Gasteiger partial charge in [0.15, 0.2) is 0 Å². The van der Waals surface area contributed by atoms with E-state index < -0.39 is 0 Å². The van der Waals surface area contributed by atoms with Crippen LogP contribution in [0.4, 0.5) is 0 Å². The molecule has 2 aromatic rings. The zero-order valence-corrected chi connectivity index (χ0v) is 13.9. The first-order valence-electron chi connectivity index (χ1n) is 5.13. The zero-order chi connectivity index (χ0) is 13.1. The summed E-state index contributed by atoms with van der Waals surface area (Å²) in [6.45, 7) is 2.07. The van der Waals surface area contributed by atoms with Gasteiger partial charge in [-0.2, -0.15) is 0 Å². The first-order chi connectivity index (χ1) is 8.56. The molecule has 0 aliphatic rings. The number of aromatic nitrogens is 2. The summed E-state index contributed by atoms with van der Waals surface area (Å²) >= 11 is 15.6. The van der Waals surface area contributed by atoms with Crippen molar-refractivity contribution < 1.29 is 0 Å². The molecule has 0 amide bonds. The van der Waals surface area contributed by atoms with Gasteiger partial charge in [0, 0.05) is 4.90 Å². The van der Waals surface area contributed by atoms with Crippen molar-refractivity contribution in [1.29, 1.82) is 0 Å². The third kappa shape index (κ3) is 3.73. The van der Waals surface area contributed by atoms with Gasteiger partial charge in [0.1, 0.15) is 16.1 Å². The van der Waals surface area contributed by atoms with Gasteiger partial charge in [-0.15, -0.1) is 11.8 Å². The minimum absolute atomic E-state index is 0.412. The molecule has 1 heterocycles. The summed E-state index contributed by atoms with van der Waals surface area (Å²) in [7, 11) is 0. The molecule has 0 saturated carbocycles. The van der Waals surface area contributed by atoms with E-state index in [1.165, 1.54) is 10.5 Å². The molecule has 0 aliphatic carbocycles. The highest BCUT2D eigenvalue weighted by Gasteiger charge is 2.09. The molecule has 6 heteroatoms. The van der Waals surface area contributed by atoms with E-state index in [0.717, 1.165) is 0 Å². The Morgan fingerprint density at radius 2 is 1.89 bits per heavy atom. The fraction of sp³-hybridized carbons (Fsp3) is 0.167. The van der Waals surface area contributed by atoms with E-state index >= 15 is 0 Å². The maximum atomic E-state index is 5.97. The van der Waals surface area contributed by atoms with Crippen LogP contribution in [-0.4, -0.2) is 9.97 Å². The third-order valence-corrected chi connectivity index (χ3v) is 5.37. The highest BCUT2D eigenvalue weighted by atomic mass is 127. The monoisotopic (exact) mass is 410 g/mol. The molecule has 0 radical (unpaired) electrons. The number of hydrogen-bond donors (Lipinski definition) is 0. The Morgan fingerprint density at radius 1 is 1.22 bits per heavy atom. The molecule has 0 bridgehead atoms. The first-order valence-corrected chi connectivity index (χ1v) is 7.95. The third-order valence-electron chi connectivity index (χ3n) is 2.17. The number of hydrogen-bond acceptors (Lipinski definition) is 3. The molecule has 2 nitrogen and oxygen atoms in total. The van der Waals surface area contributed by atoms with Crippen LogP contribution in [-0.2, 0) is 5.75 Å². The van der Waals surface area contributed by atoms with E-state index in [4.69, 9.17) is 23.2 Å². The smallest absolute Gasteiger partial charge is 0.147 e. The SMILES string of the molecule is Cc1cccc(SCc2nc(Cl)c(I)c(Cl)n2)c1. The molecule has 0 N–H and O–H groups in total. The highest BCUT2D eigenvalue weighted by molar-refractivity contribution is 14.1. The highest BCUT2D eigenvalue weighted by Crippen LogP contribution is 2.26. The van der Waals surface area contributed by atoms with Crippen LogP contribution in [0.2, 0.25) is 10.3 Å². The summed E-state index contributed by atoms with van der Waals surface area (Å²) < 4.78 is 0.695. The van der Waals surface area contributed by atoms with Gasteiger partial charge in [-0.3, -0.25) is 0 Å². The molecule has 2 rings (SSSR count). The molecular weight excluding hydrogens is 402 g/mol. The molecule has 0 atom stereocenters. The zero-order valence-electron chi connectivity index (χ0n) is 9.45. The molecule has 1 aromatic carbocycles. The van der Waals surface area contributed by atoms with Crippen LogP contribution >= 0.6 is 57.6 Å². The van der Waals surface area contributed by atoms with Crippen molar-refractivity contribution >= 4 is 57.6 Å². The number of rotatable bonds is 3. The largest absolute Gasteiger partial charge is 0.219 e. The second kappa shape index (κ2) is 6.41. The summed E-state index contributed by atoms with van der Waals surface area (Å²) in [5.74, 6) is 1.30. The quantitative estimate of drug-likeness (QED) is 0.405. The summed E-state index contributed by atoms with van der Waals surface area (Å²) in [6, 6.07) is 8.29. The van der Waals surface area contributed by atoms with Crippen molar-refractivity contribution in [2.75, 3.05) is 0 Å². The van der Waals surface area contributed by atoms with Crippen molar-refractivity contribution in [1.82, 2.24) is 9.97 Å². The van der Waals surface area contributed by atoms with Crippen LogP contribution in [0.1, 0.15) is 11.4 Å². The van der Waals surface area contributed by atoms with Gasteiger partial charge in [-0.1, -0.05) is 40.9 Å². The van der Waals surface area contributed by atoms with E-state index in [0.29, 0.717) is 25.5 Å². The topological polar surface area (TPSA) is 25.8 Å². The molecule has 0 aliphatic heterocycles. The van der Waals surface area contributed by atoms with Crippen LogP contribution in [0, 0.1) is 10.5 Å². The fourth-order valence-corrected chi connectivity index (χ4v) is 2.89. The lowest BCUT2D eigenvalue weighted by Crippen LogP contribution is -1.96. The molecule has 0 spiro atoms. The van der Waals surface area contributed by atoms with Gasteiger partial charge < -0.3 is 0 Å². The minimum atomic E-state index is 0.412. The van der Waals surface area contributed by atoms with Crippen molar-refractivity contribution in [3.63, 3.8) is 0 Å². The van der Waals surface area contributed by atoms with Gasteiger partial charge >= 0.3 is 0 Å². The van der Waals surface area contributed by atoms with E-state index in [2.05, 4.69) is 35.1 Å². The molecule has 94 valence electrons. The van der Waals surface area contributed by atoms with Crippen molar-refractivity contribution in [3.05, 3.63) is 49.5 Å². The Morgan fingerprint density at radius 3 is 2.50 bits per heavy atom. The Balaban J connectivity index is 2.11. The second-order valence-corrected chi connectivity index (χ2v) is 6.48. The molecule has 1 aromatic heterocycles. The van der Waals surface area contributed by atoms with Crippen LogP contribution < -0.4 is 0 Å². The maximum absolute atomic E-state index is 5.97. The van der Waals surface area contributed by atoms with Gasteiger partial charge in [0.2, 0.25) is 0 Å². The number of thioether (sulfide) groups is 1. The Labute approximate surface area is 134 Å². The fourth-order valence-electron chi connectivity index (χ4n) is 1.35. The van der Waals surface area contributed by atoms with Gasteiger partial charge in [-0.05, 0) is 41.6 Å². The van der Waals surface area contributed by atoms with E-state index in [1.54, 1.807) is 11.8 Å². The molecule has 0 unspecified atom stereocenters. The van der Waals surface area contributed by atoms with Gasteiger partial charge in [0.25, 0.3) is 0 Å². The Bertz CT molecular complexity index is 555. The average molecular weight is 411 g/mol. The predicted molar refractivity (Wildman–Crippen MR) is 85.5 cm³/mol. The molecule has 0 saturated heterocycles. The molecular formula is C12H9Cl2IN2S. The number of nitrogens with zero attached hydrogens (tertiary/aromatic N) is 2. The second-order valence-electron chi connectivity index (χ2n) is 3.64. The van der Waals surface area contributed by atoms with Crippen LogP contribution in [0.15, 0.2) is 29.2 Å². The lowest BCUT2D eigenvalue weighted by molar-refractivity contribution is 1.02. The number of halogens is 3. The Hall–Kier alpha value is -0.0400. The maximum Gasteiger partial charge on any atom is 0.147 e. The Kier molecular flexibility index (Phi) is 5.12. The van der Waals surface area contributed by atoms with Crippen LogP contribution in [0.5, 0.6) is 0 Å². The lowest BCUT2D eigenvalue weighted by atomic mass is 10.2. The van der Waals surface area contributed by atoms with E-state index in [1.807, 2.05) is 28.7 Å². The van der Waals surface area contributed by atoms with E-state index in [-0.39, 0.29) is 0 Å². The van der Waals surface area contributed by atoms with Crippen molar-refractivity contribution in [2.45, 2.75) is 17.6 Å². The summed E-state index contributed by atoms with van der Waals surface area (Å²) in [6.07, 6.45) is 0. The summed E-state index contributed by atoms with van der Waals surface area (Å²) in [5, 5.41) is 0.825. The number of benzene rings is 1. The summed E-state index contributed by atoms with van der Waals surface area (Å²) in [5.41, 5.74) is 1.24. The molecule has 0 fully saturated rings. The lowest BCUT2D eigenvalue weighted by Gasteiger charge is -2.04. The first kappa shape index (κ1) is 14.4. The standard InChI is InChI=1S/C12H9Cl2IN2S/c1-7-3-2-4-8(5-7)18-6-9-16-11(13)10(15)12(14)17-9/h2-5H,6H2,1H3. The summed E-state index contributed by atoms with van der Waals surface area (Å²) in [4.78, 5) is 9.61. The minimum Gasteiger partial charge on any atom is -0.219 e. The predicted octanol–water partition coefficient (Wildman–Crippen LogP) is 4.99. The van der Waals surface area contributed by atoms with E-state index in [9.17, 15) is 0 Å². The number of aryl methyl sites for hydroxylation is 1.